The quantitative estimate of drug-likeness (QED) is 0.649. The van der Waals surface area contributed by atoms with Crippen LogP contribution in [-0.2, 0) is 21.4 Å². The maximum Gasteiger partial charge on any atom is 0.232 e. The minimum atomic E-state index is -3.29. The number of hydrogen-bond acceptors (Lipinski definition) is 4. The number of rotatable bonds is 10. The zero-order chi connectivity index (χ0) is 15.1. The van der Waals surface area contributed by atoms with Gasteiger partial charge in [-0.3, -0.25) is 4.72 Å². The molecule has 0 spiro atoms. The highest BCUT2D eigenvalue weighted by molar-refractivity contribution is 7.92. The number of anilines is 1. The predicted octanol–water partition coefficient (Wildman–Crippen LogP) is 2.11. The predicted molar refractivity (Wildman–Crippen MR) is 84.8 cm³/mol. The van der Waals surface area contributed by atoms with Crippen LogP contribution >= 0.6 is 0 Å². The number of benzene rings is 1. The van der Waals surface area contributed by atoms with Gasteiger partial charge in [0.1, 0.15) is 0 Å². The lowest BCUT2D eigenvalue weighted by Crippen LogP contribution is -2.21. The number of para-hydroxylation sites is 1. The molecule has 0 unspecified atom stereocenters. The van der Waals surface area contributed by atoms with E-state index in [-0.39, 0.29) is 5.75 Å². The Bertz CT molecular complexity index is 542. The van der Waals surface area contributed by atoms with Gasteiger partial charge in [0.15, 0.2) is 0 Å². The average Bonchev–Trinajstić information content (AvgIpc) is 3.25. The SMILES string of the molecule is COCc1ccccc1NS(=O)(=O)CCCCNC1CC1. The molecule has 2 rings (SSSR count). The van der Waals surface area contributed by atoms with Crippen molar-refractivity contribution in [3.63, 3.8) is 0 Å². The van der Waals surface area contributed by atoms with Crippen LogP contribution in [-0.4, -0.2) is 33.9 Å². The van der Waals surface area contributed by atoms with E-state index < -0.39 is 10.0 Å². The molecule has 1 saturated carbocycles. The maximum absolute atomic E-state index is 12.1. The van der Waals surface area contributed by atoms with Crippen LogP contribution in [0.2, 0.25) is 0 Å². The van der Waals surface area contributed by atoms with E-state index in [9.17, 15) is 8.42 Å². The minimum absolute atomic E-state index is 0.153. The van der Waals surface area contributed by atoms with E-state index in [1.54, 1.807) is 13.2 Å². The summed E-state index contributed by atoms with van der Waals surface area (Å²) in [6.07, 6.45) is 4.07. The van der Waals surface area contributed by atoms with Crippen molar-refractivity contribution in [1.29, 1.82) is 0 Å². The van der Waals surface area contributed by atoms with Crippen molar-refractivity contribution in [2.75, 3.05) is 24.1 Å². The number of nitrogens with one attached hydrogen (secondary N) is 2. The molecule has 0 heterocycles. The number of methoxy groups -OCH3 is 1. The highest BCUT2D eigenvalue weighted by atomic mass is 32.2. The van der Waals surface area contributed by atoms with E-state index >= 15 is 0 Å². The summed E-state index contributed by atoms with van der Waals surface area (Å²) in [6.45, 7) is 1.30. The van der Waals surface area contributed by atoms with Crippen LogP contribution in [0.25, 0.3) is 0 Å². The second-order valence-corrected chi connectivity index (χ2v) is 7.29. The van der Waals surface area contributed by atoms with E-state index in [1.807, 2.05) is 18.2 Å². The summed E-state index contributed by atoms with van der Waals surface area (Å²) in [7, 11) is -1.70. The average molecular weight is 312 g/mol. The second-order valence-electron chi connectivity index (χ2n) is 5.45. The van der Waals surface area contributed by atoms with Crippen molar-refractivity contribution in [2.24, 2.45) is 0 Å². The van der Waals surface area contributed by atoms with Crippen LogP contribution in [0.3, 0.4) is 0 Å². The van der Waals surface area contributed by atoms with Gasteiger partial charge in [0.05, 0.1) is 18.0 Å². The van der Waals surface area contributed by atoms with E-state index in [2.05, 4.69) is 10.0 Å². The Morgan fingerprint density at radius 1 is 1.24 bits per heavy atom. The van der Waals surface area contributed by atoms with Crippen LogP contribution < -0.4 is 10.0 Å². The van der Waals surface area contributed by atoms with Gasteiger partial charge >= 0.3 is 0 Å². The standard InChI is InChI=1S/C15H24N2O3S/c1-20-12-13-6-2-3-7-15(13)17-21(18,19)11-5-4-10-16-14-8-9-14/h2-3,6-7,14,16-17H,4-5,8-12H2,1H3. The summed E-state index contributed by atoms with van der Waals surface area (Å²) in [5, 5.41) is 3.39. The molecular weight excluding hydrogens is 288 g/mol. The molecule has 118 valence electrons. The van der Waals surface area contributed by atoms with Crippen LogP contribution in [0.4, 0.5) is 5.69 Å². The molecule has 5 nitrogen and oxygen atoms in total. The first-order valence-corrected chi connectivity index (χ1v) is 9.06. The lowest BCUT2D eigenvalue weighted by atomic mass is 10.2. The smallest absolute Gasteiger partial charge is 0.232 e. The monoisotopic (exact) mass is 312 g/mol. The Balaban J connectivity index is 1.79. The van der Waals surface area contributed by atoms with Crippen LogP contribution in [0.5, 0.6) is 0 Å². The van der Waals surface area contributed by atoms with Crippen molar-refractivity contribution in [3.05, 3.63) is 29.8 Å². The topological polar surface area (TPSA) is 67.4 Å². The first kappa shape index (κ1) is 16.3. The first-order valence-electron chi connectivity index (χ1n) is 7.41. The lowest BCUT2D eigenvalue weighted by Gasteiger charge is -2.12. The van der Waals surface area contributed by atoms with Gasteiger partial charge in [-0.15, -0.1) is 0 Å². The molecule has 0 saturated heterocycles. The Morgan fingerprint density at radius 2 is 2.00 bits per heavy atom. The zero-order valence-corrected chi connectivity index (χ0v) is 13.3. The summed E-state index contributed by atoms with van der Waals surface area (Å²) < 4.78 is 31.9. The fourth-order valence-electron chi connectivity index (χ4n) is 2.13. The molecule has 1 aromatic rings. The highest BCUT2D eigenvalue weighted by Crippen LogP contribution is 2.19. The fourth-order valence-corrected chi connectivity index (χ4v) is 3.35. The summed E-state index contributed by atoms with van der Waals surface area (Å²) in [5.41, 5.74) is 1.45. The molecule has 0 bridgehead atoms. The summed E-state index contributed by atoms with van der Waals surface area (Å²) in [5.74, 6) is 0.153. The van der Waals surface area contributed by atoms with Crippen molar-refractivity contribution in [3.8, 4) is 0 Å². The van der Waals surface area contributed by atoms with Crippen LogP contribution in [0.15, 0.2) is 24.3 Å². The van der Waals surface area contributed by atoms with Crippen LogP contribution in [0, 0.1) is 0 Å². The molecule has 1 aliphatic carbocycles. The van der Waals surface area contributed by atoms with Gasteiger partial charge in [-0.2, -0.15) is 0 Å². The minimum Gasteiger partial charge on any atom is -0.380 e. The number of unbranched alkanes of at least 4 members (excludes halogenated alkanes) is 1. The van der Waals surface area contributed by atoms with Gasteiger partial charge in [-0.05, 0) is 38.3 Å². The normalized spacial score (nSPS) is 15.1. The Kier molecular flexibility index (Phi) is 6.02. The zero-order valence-electron chi connectivity index (χ0n) is 12.5. The molecule has 1 fully saturated rings. The number of ether oxygens (including phenoxy) is 1. The molecule has 0 aromatic heterocycles. The van der Waals surface area contributed by atoms with Gasteiger partial charge in [0.25, 0.3) is 0 Å². The molecule has 6 heteroatoms. The van der Waals surface area contributed by atoms with Crippen molar-refractivity contribution < 1.29 is 13.2 Å². The van der Waals surface area contributed by atoms with Crippen molar-refractivity contribution >= 4 is 15.7 Å². The largest absolute Gasteiger partial charge is 0.380 e. The summed E-state index contributed by atoms with van der Waals surface area (Å²) >= 11 is 0. The third-order valence-corrected chi connectivity index (χ3v) is 4.79. The second kappa shape index (κ2) is 7.77. The van der Waals surface area contributed by atoms with E-state index in [4.69, 9.17) is 4.74 Å². The maximum atomic E-state index is 12.1. The third-order valence-electron chi connectivity index (χ3n) is 3.43. The van der Waals surface area contributed by atoms with Gasteiger partial charge in [-0.1, -0.05) is 18.2 Å². The Morgan fingerprint density at radius 3 is 2.71 bits per heavy atom. The van der Waals surface area contributed by atoms with Gasteiger partial charge in [-0.25, -0.2) is 8.42 Å². The molecule has 1 aliphatic rings. The van der Waals surface area contributed by atoms with Gasteiger partial charge in [0.2, 0.25) is 10.0 Å². The number of hydrogen-bond donors (Lipinski definition) is 2. The van der Waals surface area contributed by atoms with Crippen molar-refractivity contribution in [2.45, 2.75) is 38.3 Å². The molecule has 1 aromatic carbocycles. The van der Waals surface area contributed by atoms with Crippen LogP contribution in [0.1, 0.15) is 31.2 Å². The molecule has 0 radical (unpaired) electrons. The molecular formula is C15H24N2O3S. The third kappa shape index (κ3) is 6.03. The van der Waals surface area contributed by atoms with Gasteiger partial charge in [0, 0.05) is 18.7 Å². The highest BCUT2D eigenvalue weighted by Gasteiger charge is 2.19. The first-order chi connectivity index (χ1) is 10.1. The van der Waals surface area contributed by atoms with E-state index in [0.29, 0.717) is 24.8 Å². The molecule has 2 N–H and O–H groups in total. The molecule has 0 atom stereocenters. The number of sulfonamides is 1. The summed E-state index contributed by atoms with van der Waals surface area (Å²) in [6, 6.07) is 7.99. The van der Waals surface area contributed by atoms with Crippen molar-refractivity contribution in [1.82, 2.24) is 5.32 Å². The lowest BCUT2D eigenvalue weighted by molar-refractivity contribution is 0.185. The van der Waals surface area contributed by atoms with Gasteiger partial charge < -0.3 is 10.1 Å². The fraction of sp³-hybridized carbons (Fsp3) is 0.600. The van der Waals surface area contributed by atoms with E-state index in [1.165, 1.54) is 12.8 Å². The summed E-state index contributed by atoms with van der Waals surface area (Å²) in [4.78, 5) is 0. The van der Waals surface area contributed by atoms with E-state index in [0.717, 1.165) is 18.5 Å². The Hall–Kier alpha value is -1.11. The molecule has 0 aliphatic heterocycles. The molecule has 21 heavy (non-hydrogen) atoms. The molecule has 0 amide bonds. The Labute approximate surface area is 127 Å².